The van der Waals surface area contributed by atoms with E-state index in [4.69, 9.17) is 23.2 Å². The zero-order valence-electron chi connectivity index (χ0n) is 13.5. The Bertz CT molecular complexity index is 772. The van der Waals surface area contributed by atoms with Gasteiger partial charge in [0.1, 0.15) is 0 Å². The summed E-state index contributed by atoms with van der Waals surface area (Å²) in [6.07, 6.45) is 1.29. The maximum absolute atomic E-state index is 12.4. The summed E-state index contributed by atoms with van der Waals surface area (Å²) in [5, 5.41) is 3.73. The Morgan fingerprint density at radius 2 is 1.64 bits per heavy atom. The first kappa shape index (κ1) is 17.8. The molecule has 4 nitrogen and oxygen atoms in total. The summed E-state index contributed by atoms with van der Waals surface area (Å²) in [7, 11) is 0. The Balaban J connectivity index is 1.55. The van der Waals surface area contributed by atoms with Crippen LogP contribution in [0.25, 0.3) is 0 Å². The number of halogens is 2. The first-order chi connectivity index (χ1) is 12.0. The van der Waals surface area contributed by atoms with E-state index in [1.807, 2.05) is 30.3 Å². The Hall–Kier alpha value is -2.04. The normalized spacial score (nSPS) is 15.0. The largest absolute Gasteiger partial charge is 0.339 e. The highest BCUT2D eigenvalue weighted by molar-refractivity contribution is 6.42. The number of nitrogens with zero attached hydrogens (tertiary/aromatic N) is 1. The van der Waals surface area contributed by atoms with Gasteiger partial charge in [0, 0.05) is 30.3 Å². The molecule has 1 N–H and O–H groups in total. The summed E-state index contributed by atoms with van der Waals surface area (Å²) >= 11 is 11.8. The highest BCUT2D eigenvalue weighted by Gasteiger charge is 2.27. The van der Waals surface area contributed by atoms with Crippen LogP contribution in [0.5, 0.6) is 0 Å². The van der Waals surface area contributed by atoms with Gasteiger partial charge < -0.3 is 10.2 Å². The van der Waals surface area contributed by atoms with Crippen LogP contribution in [0.4, 0.5) is 5.69 Å². The summed E-state index contributed by atoms with van der Waals surface area (Å²) in [5.74, 6) is -0.150. The fraction of sp³-hybridized carbons (Fsp3) is 0.263. The molecular weight excluding hydrogens is 359 g/mol. The number of carbonyl (C=O) groups is 2. The first-order valence-corrected chi connectivity index (χ1v) is 8.90. The molecule has 0 saturated carbocycles. The SMILES string of the molecule is O=C(Nc1ccc(Cl)c(Cl)c1)C1CCN(C(=O)c2ccccc2)CC1. The third kappa shape index (κ3) is 4.33. The molecule has 1 heterocycles. The van der Waals surface area contributed by atoms with Gasteiger partial charge in [0.25, 0.3) is 5.91 Å². The number of hydrogen-bond acceptors (Lipinski definition) is 2. The van der Waals surface area contributed by atoms with Gasteiger partial charge in [-0.2, -0.15) is 0 Å². The van der Waals surface area contributed by atoms with Gasteiger partial charge in [0.05, 0.1) is 10.0 Å². The molecule has 0 aliphatic carbocycles. The molecule has 1 fully saturated rings. The van der Waals surface area contributed by atoms with Gasteiger partial charge in [-0.15, -0.1) is 0 Å². The van der Waals surface area contributed by atoms with Crippen molar-refractivity contribution in [2.45, 2.75) is 12.8 Å². The van der Waals surface area contributed by atoms with Crippen LogP contribution in [-0.4, -0.2) is 29.8 Å². The van der Waals surface area contributed by atoms with Crippen LogP contribution in [0.1, 0.15) is 23.2 Å². The predicted molar refractivity (Wildman–Crippen MR) is 100 cm³/mol. The number of amides is 2. The van der Waals surface area contributed by atoms with Crippen LogP contribution in [-0.2, 0) is 4.79 Å². The van der Waals surface area contributed by atoms with Crippen molar-refractivity contribution in [2.24, 2.45) is 5.92 Å². The Kier molecular flexibility index (Phi) is 5.61. The third-order valence-electron chi connectivity index (χ3n) is 4.36. The molecule has 0 spiro atoms. The second-order valence-electron chi connectivity index (χ2n) is 6.05. The lowest BCUT2D eigenvalue weighted by Gasteiger charge is -2.31. The van der Waals surface area contributed by atoms with Gasteiger partial charge in [-0.25, -0.2) is 0 Å². The van der Waals surface area contributed by atoms with Gasteiger partial charge in [-0.05, 0) is 43.2 Å². The molecule has 0 atom stereocenters. The van der Waals surface area contributed by atoms with Crippen molar-refractivity contribution in [2.75, 3.05) is 18.4 Å². The summed E-state index contributed by atoms with van der Waals surface area (Å²) in [6.45, 7) is 1.15. The van der Waals surface area contributed by atoms with Crippen LogP contribution in [0.15, 0.2) is 48.5 Å². The monoisotopic (exact) mass is 376 g/mol. The standard InChI is InChI=1S/C19H18Cl2N2O2/c20-16-7-6-15(12-17(16)21)22-18(24)13-8-10-23(11-9-13)19(25)14-4-2-1-3-5-14/h1-7,12-13H,8-11H2,(H,22,24). The summed E-state index contributed by atoms with van der Waals surface area (Å²) < 4.78 is 0. The number of likely N-dealkylation sites (tertiary alicyclic amines) is 1. The van der Waals surface area contributed by atoms with Crippen LogP contribution in [0.3, 0.4) is 0 Å². The lowest BCUT2D eigenvalue weighted by molar-refractivity contribution is -0.121. The molecule has 3 rings (SSSR count). The van der Waals surface area contributed by atoms with Crippen molar-refractivity contribution in [3.05, 3.63) is 64.1 Å². The number of carbonyl (C=O) groups excluding carboxylic acids is 2. The van der Waals surface area contributed by atoms with Crippen molar-refractivity contribution < 1.29 is 9.59 Å². The third-order valence-corrected chi connectivity index (χ3v) is 5.10. The molecule has 1 aliphatic rings. The van der Waals surface area contributed by atoms with Crippen LogP contribution >= 0.6 is 23.2 Å². The predicted octanol–water partition coefficient (Wildman–Crippen LogP) is 4.48. The lowest BCUT2D eigenvalue weighted by atomic mass is 9.95. The van der Waals surface area contributed by atoms with E-state index < -0.39 is 0 Å². The molecule has 0 bridgehead atoms. The molecule has 2 aromatic carbocycles. The highest BCUT2D eigenvalue weighted by Crippen LogP contribution is 2.26. The average molecular weight is 377 g/mol. The first-order valence-electron chi connectivity index (χ1n) is 8.15. The van der Waals surface area contributed by atoms with Crippen molar-refractivity contribution in [1.82, 2.24) is 4.90 Å². The summed E-state index contributed by atoms with van der Waals surface area (Å²) in [4.78, 5) is 26.7. The Morgan fingerprint density at radius 3 is 2.28 bits per heavy atom. The number of anilines is 1. The molecule has 130 valence electrons. The van der Waals surface area contributed by atoms with Gasteiger partial charge in [0.15, 0.2) is 0 Å². The number of hydrogen-bond donors (Lipinski definition) is 1. The van der Waals surface area contributed by atoms with E-state index >= 15 is 0 Å². The number of rotatable bonds is 3. The molecular formula is C19H18Cl2N2O2. The molecule has 25 heavy (non-hydrogen) atoms. The van der Waals surface area contributed by atoms with Crippen molar-refractivity contribution >= 4 is 40.7 Å². The van der Waals surface area contributed by atoms with Gasteiger partial charge >= 0.3 is 0 Å². The number of nitrogens with one attached hydrogen (secondary N) is 1. The molecule has 0 radical (unpaired) electrons. The highest BCUT2D eigenvalue weighted by atomic mass is 35.5. The minimum Gasteiger partial charge on any atom is -0.339 e. The maximum Gasteiger partial charge on any atom is 0.253 e. The zero-order chi connectivity index (χ0) is 17.8. The maximum atomic E-state index is 12.4. The minimum absolute atomic E-state index is 0.0175. The van der Waals surface area contributed by atoms with E-state index in [-0.39, 0.29) is 17.7 Å². The van der Waals surface area contributed by atoms with Gasteiger partial charge in [0.2, 0.25) is 5.91 Å². The van der Waals surface area contributed by atoms with Crippen LogP contribution in [0, 0.1) is 5.92 Å². The Morgan fingerprint density at radius 1 is 0.960 bits per heavy atom. The fourth-order valence-corrected chi connectivity index (χ4v) is 3.22. The lowest BCUT2D eigenvalue weighted by Crippen LogP contribution is -2.41. The second-order valence-corrected chi connectivity index (χ2v) is 6.87. The van der Waals surface area contributed by atoms with Gasteiger partial charge in [-0.1, -0.05) is 41.4 Å². The molecule has 0 aromatic heterocycles. The second kappa shape index (κ2) is 7.89. The fourth-order valence-electron chi connectivity index (χ4n) is 2.93. The van der Waals surface area contributed by atoms with E-state index in [1.165, 1.54) is 0 Å². The smallest absolute Gasteiger partial charge is 0.253 e. The quantitative estimate of drug-likeness (QED) is 0.857. The average Bonchev–Trinajstić information content (AvgIpc) is 2.65. The zero-order valence-corrected chi connectivity index (χ0v) is 15.1. The molecule has 0 unspecified atom stereocenters. The van der Waals surface area contributed by atoms with E-state index in [9.17, 15) is 9.59 Å². The molecule has 6 heteroatoms. The topological polar surface area (TPSA) is 49.4 Å². The molecule has 1 aliphatic heterocycles. The summed E-state index contributed by atoms with van der Waals surface area (Å²) in [6, 6.07) is 14.2. The number of piperidine rings is 1. The van der Waals surface area contributed by atoms with Crippen molar-refractivity contribution in [1.29, 1.82) is 0 Å². The minimum atomic E-state index is -0.116. The van der Waals surface area contributed by atoms with E-state index in [2.05, 4.69) is 5.32 Å². The molecule has 2 amide bonds. The molecule has 1 saturated heterocycles. The summed E-state index contributed by atoms with van der Waals surface area (Å²) in [5.41, 5.74) is 1.31. The van der Waals surface area contributed by atoms with Crippen molar-refractivity contribution in [3.63, 3.8) is 0 Å². The van der Waals surface area contributed by atoms with Crippen LogP contribution < -0.4 is 5.32 Å². The van der Waals surface area contributed by atoms with Crippen molar-refractivity contribution in [3.8, 4) is 0 Å². The van der Waals surface area contributed by atoms with E-state index in [0.29, 0.717) is 47.2 Å². The van der Waals surface area contributed by atoms with Crippen LogP contribution in [0.2, 0.25) is 10.0 Å². The number of benzene rings is 2. The molecule has 2 aromatic rings. The van der Waals surface area contributed by atoms with E-state index in [1.54, 1.807) is 23.1 Å². The Labute approximate surface area is 156 Å². The van der Waals surface area contributed by atoms with Gasteiger partial charge in [-0.3, -0.25) is 9.59 Å². The van der Waals surface area contributed by atoms with E-state index in [0.717, 1.165) is 0 Å².